The molecule has 1 atom stereocenters. The molecular formula is C7H14NOY3-. The third-order valence-electron chi connectivity index (χ3n) is 0.963. The van der Waals surface area contributed by atoms with Gasteiger partial charge in [-0.25, -0.2) is 0 Å². The molecule has 0 saturated heterocycles. The van der Waals surface area contributed by atoms with Crippen LogP contribution in [0.15, 0.2) is 6.58 Å². The van der Waals surface area contributed by atoms with Gasteiger partial charge in [-0.2, -0.15) is 0 Å². The normalized spacial score (nSPS) is 10.3. The predicted molar refractivity (Wildman–Crippen MR) is 38.0 cm³/mol. The summed E-state index contributed by atoms with van der Waals surface area (Å²) in [5, 5.41) is 11.7. The Morgan fingerprint density at radius 1 is 1.33 bits per heavy atom. The Morgan fingerprint density at radius 2 is 1.75 bits per heavy atom. The van der Waals surface area contributed by atoms with Gasteiger partial charge in [0.05, 0.1) is 0 Å². The fraction of sp³-hybridized carbons (Fsp3) is 0.714. The van der Waals surface area contributed by atoms with E-state index in [1.54, 1.807) is 0 Å². The van der Waals surface area contributed by atoms with Crippen LogP contribution in [0.1, 0.15) is 13.8 Å². The van der Waals surface area contributed by atoms with Gasteiger partial charge in [0.2, 0.25) is 0 Å². The van der Waals surface area contributed by atoms with Gasteiger partial charge in [0.1, 0.15) is 0 Å². The fourth-order valence-electron chi connectivity index (χ4n) is 0.579. The first-order chi connectivity index (χ1) is 4.20. The molecule has 0 aliphatic carbocycles. The van der Waals surface area contributed by atoms with Gasteiger partial charge in [-0.3, -0.25) is 6.58 Å². The molecule has 0 aromatic heterocycles. The zero-order valence-electron chi connectivity index (χ0n) is 7.75. The average molecular weight is 395 g/mol. The molecule has 12 heavy (non-hydrogen) atoms. The van der Waals surface area contributed by atoms with Crippen molar-refractivity contribution in [2.75, 3.05) is 6.61 Å². The Kier molecular flexibility index (Phi) is 33.2. The summed E-state index contributed by atoms with van der Waals surface area (Å²) in [6, 6.07) is 0.293. The van der Waals surface area contributed by atoms with Crippen LogP contribution in [0.25, 0.3) is 0 Å². The van der Waals surface area contributed by atoms with Crippen LogP contribution in [0.2, 0.25) is 0 Å². The van der Waals surface area contributed by atoms with E-state index in [0.717, 1.165) is 0 Å². The third kappa shape index (κ3) is 15.4. The van der Waals surface area contributed by atoms with Crippen molar-refractivity contribution in [2.24, 2.45) is 0 Å². The van der Waals surface area contributed by atoms with Crippen molar-refractivity contribution in [3.63, 3.8) is 0 Å². The van der Waals surface area contributed by atoms with Gasteiger partial charge in [-0.1, -0.05) is 13.8 Å². The number of aliphatic hydroxyl groups excluding tert-OH is 1. The molecule has 5 heteroatoms. The van der Waals surface area contributed by atoms with E-state index in [0.29, 0.717) is 6.04 Å². The van der Waals surface area contributed by atoms with E-state index >= 15 is 0 Å². The van der Waals surface area contributed by atoms with Crippen LogP contribution < -0.4 is 5.32 Å². The van der Waals surface area contributed by atoms with E-state index in [1.165, 1.54) is 0 Å². The second-order valence-corrected chi connectivity index (χ2v) is 2.26. The summed E-state index contributed by atoms with van der Waals surface area (Å²) in [5.74, 6) is 0. The zero-order chi connectivity index (χ0) is 7.28. The van der Waals surface area contributed by atoms with Crippen LogP contribution in [0.5, 0.6) is 0 Å². The summed E-state index contributed by atoms with van der Waals surface area (Å²) in [6.07, 6.45) is 2.67. The van der Waals surface area contributed by atoms with E-state index in [1.807, 2.05) is 13.8 Å². The maximum absolute atomic E-state index is 8.61. The first-order valence-electron chi connectivity index (χ1n) is 3.10. The molecule has 0 aliphatic rings. The molecule has 0 saturated carbocycles. The molecule has 0 spiro atoms. The molecule has 0 aliphatic heterocycles. The van der Waals surface area contributed by atoms with Gasteiger partial charge in [0, 0.05) is 105 Å². The molecule has 0 aromatic carbocycles. The van der Waals surface area contributed by atoms with E-state index in [9.17, 15) is 0 Å². The van der Waals surface area contributed by atoms with Crippen LogP contribution in [0.3, 0.4) is 0 Å². The maximum atomic E-state index is 8.61. The summed E-state index contributed by atoms with van der Waals surface area (Å²) in [4.78, 5) is 0. The first kappa shape index (κ1) is 24.3. The number of hydrogen-bond donors (Lipinski definition) is 2. The first-order valence-corrected chi connectivity index (χ1v) is 3.10. The van der Waals surface area contributed by atoms with Gasteiger partial charge in [0.25, 0.3) is 0 Å². The molecule has 2 N–H and O–H groups in total. The van der Waals surface area contributed by atoms with E-state index in [2.05, 4.69) is 18.0 Å². The van der Waals surface area contributed by atoms with Crippen molar-refractivity contribution in [2.45, 2.75) is 25.9 Å². The van der Waals surface area contributed by atoms with E-state index in [4.69, 9.17) is 5.11 Å². The molecule has 0 bridgehead atoms. The van der Waals surface area contributed by atoms with Crippen LogP contribution in [0, 0.1) is 6.08 Å². The zero-order valence-corrected chi connectivity index (χ0v) is 16.3. The topological polar surface area (TPSA) is 32.3 Å². The Morgan fingerprint density at radius 3 is 1.83 bits per heavy atom. The second-order valence-electron chi connectivity index (χ2n) is 2.26. The second kappa shape index (κ2) is 16.4. The Hall–Kier alpha value is 2.97. The molecule has 0 rings (SSSR count). The van der Waals surface area contributed by atoms with Gasteiger partial charge >= 0.3 is 0 Å². The summed E-state index contributed by atoms with van der Waals surface area (Å²) in [5.41, 5.74) is 0. The number of rotatable bonds is 4. The number of hydrogen-bond acceptors (Lipinski definition) is 2. The van der Waals surface area contributed by atoms with E-state index < -0.39 is 0 Å². The molecule has 0 aromatic rings. The average Bonchev–Trinajstić information content (AvgIpc) is 1.82. The van der Waals surface area contributed by atoms with Crippen molar-refractivity contribution in [1.29, 1.82) is 0 Å². The van der Waals surface area contributed by atoms with Gasteiger partial charge in [0.15, 0.2) is 0 Å². The van der Waals surface area contributed by atoms with E-state index in [-0.39, 0.29) is 111 Å². The minimum atomic E-state index is -0.0787. The maximum Gasteiger partial charge on any atom is 0.0314 e. The van der Waals surface area contributed by atoms with Crippen molar-refractivity contribution in [1.82, 2.24) is 5.32 Å². The summed E-state index contributed by atoms with van der Waals surface area (Å²) >= 11 is 0. The molecule has 0 fully saturated rings. The summed E-state index contributed by atoms with van der Waals surface area (Å²) < 4.78 is 0. The largest absolute Gasteiger partial charge is 0.484 e. The Labute approximate surface area is 151 Å². The molecule has 3 radical (unpaired) electrons. The van der Waals surface area contributed by atoms with Crippen molar-refractivity contribution >= 4 is 0 Å². The van der Waals surface area contributed by atoms with Crippen molar-refractivity contribution < 1.29 is 103 Å². The molecule has 0 unspecified atom stereocenters. The number of aliphatic hydroxyl groups is 1. The minimum absolute atomic E-state index is 0. The minimum Gasteiger partial charge on any atom is -0.484 e. The predicted octanol–water partition coefficient (Wildman–Crippen LogP) is 0.327. The summed E-state index contributed by atoms with van der Waals surface area (Å²) in [7, 11) is 0. The SMILES string of the molecule is C=[C-][C@H](CO)NC(C)C.[Y].[Y].[Y]. The standard InChI is InChI=1S/C7H14NO.3Y/c1-4-7(5-9)8-6(2)3;;;/h6-9H,1,5H2,2-3H3;;;/q-1;;;/t7-;;;/m1.../s1. The Balaban J connectivity index is -0.000000107. The smallest absolute Gasteiger partial charge is 0.0314 e. The molecule has 0 amide bonds. The van der Waals surface area contributed by atoms with Crippen molar-refractivity contribution in [3.8, 4) is 0 Å². The van der Waals surface area contributed by atoms with Gasteiger partial charge in [-0.05, 0) is 6.04 Å². The van der Waals surface area contributed by atoms with Crippen molar-refractivity contribution in [3.05, 3.63) is 12.7 Å². The molecular weight excluding hydrogens is 381 g/mol. The number of nitrogens with one attached hydrogen (secondary N) is 1. The summed E-state index contributed by atoms with van der Waals surface area (Å²) in [6.45, 7) is 7.54. The van der Waals surface area contributed by atoms with Gasteiger partial charge in [-0.15, -0.1) is 6.04 Å². The third-order valence-corrected chi connectivity index (χ3v) is 0.963. The molecule has 0 heterocycles. The molecule has 2 nitrogen and oxygen atoms in total. The Bertz CT molecular complexity index is 90.7. The monoisotopic (exact) mass is 395 g/mol. The molecule has 63 valence electrons. The fourth-order valence-corrected chi connectivity index (χ4v) is 0.579. The quantitative estimate of drug-likeness (QED) is 0.673. The van der Waals surface area contributed by atoms with Crippen LogP contribution >= 0.6 is 0 Å². The van der Waals surface area contributed by atoms with Crippen LogP contribution in [0.4, 0.5) is 0 Å². The van der Waals surface area contributed by atoms with Gasteiger partial charge < -0.3 is 16.5 Å². The van der Waals surface area contributed by atoms with Crippen LogP contribution in [-0.4, -0.2) is 23.8 Å². The van der Waals surface area contributed by atoms with Crippen LogP contribution in [-0.2, 0) is 98.1 Å².